The van der Waals surface area contributed by atoms with Crippen LogP contribution in [0.2, 0.25) is 0 Å². The second kappa shape index (κ2) is 3.80. The standard InChI is InChI=1S/C8H14N6S/c1-14-7(11-12-13-14)15-5-8(2-3-8)4-6(9)10/h2-5H2,1H3,(H3,9,10). The van der Waals surface area contributed by atoms with Crippen molar-refractivity contribution >= 4 is 17.6 Å². The first-order chi connectivity index (χ1) is 7.11. The number of aromatic nitrogens is 4. The van der Waals surface area contributed by atoms with Crippen molar-refractivity contribution in [1.82, 2.24) is 20.2 Å². The van der Waals surface area contributed by atoms with Crippen molar-refractivity contribution in [2.75, 3.05) is 5.75 Å². The molecule has 1 aliphatic carbocycles. The summed E-state index contributed by atoms with van der Waals surface area (Å²) >= 11 is 1.64. The highest BCUT2D eigenvalue weighted by Gasteiger charge is 2.43. The van der Waals surface area contributed by atoms with Gasteiger partial charge in [-0.15, -0.1) is 5.10 Å². The molecule has 3 N–H and O–H groups in total. The number of hydrogen-bond donors (Lipinski definition) is 2. The van der Waals surface area contributed by atoms with E-state index in [1.54, 1.807) is 16.4 Å². The third-order valence-electron chi connectivity index (χ3n) is 2.61. The molecule has 0 radical (unpaired) electrons. The number of nitrogens with zero attached hydrogens (tertiary/aromatic N) is 4. The Kier molecular flexibility index (Phi) is 2.64. The fraction of sp³-hybridized carbons (Fsp3) is 0.750. The van der Waals surface area contributed by atoms with E-state index in [0.717, 1.165) is 23.8 Å². The van der Waals surface area contributed by atoms with Gasteiger partial charge < -0.3 is 5.73 Å². The van der Waals surface area contributed by atoms with Gasteiger partial charge in [0.15, 0.2) is 0 Å². The summed E-state index contributed by atoms with van der Waals surface area (Å²) in [5.74, 6) is 1.23. The molecule has 0 unspecified atom stereocenters. The molecule has 1 aromatic heterocycles. The number of rotatable bonds is 5. The van der Waals surface area contributed by atoms with Gasteiger partial charge >= 0.3 is 0 Å². The molecule has 1 aromatic rings. The third kappa shape index (κ3) is 2.47. The minimum atomic E-state index is 0.239. The Morgan fingerprint density at radius 3 is 2.87 bits per heavy atom. The molecule has 1 aliphatic rings. The van der Waals surface area contributed by atoms with Crippen LogP contribution in [0.15, 0.2) is 5.16 Å². The molecule has 0 saturated heterocycles. The maximum absolute atomic E-state index is 7.31. The molecule has 15 heavy (non-hydrogen) atoms. The summed E-state index contributed by atoms with van der Waals surface area (Å²) in [6.45, 7) is 0. The normalized spacial score (nSPS) is 17.7. The molecule has 1 fully saturated rings. The first-order valence-corrected chi connectivity index (χ1v) is 5.78. The van der Waals surface area contributed by atoms with Crippen LogP contribution in [0.25, 0.3) is 0 Å². The van der Waals surface area contributed by atoms with E-state index in [1.807, 2.05) is 7.05 Å². The average molecular weight is 226 g/mol. The Balaban J connectivity index is 1.88. The molecule has 1 heterocycles. The highest BCUT2D eigenvalue weighted by molar-refractivity contribution is 7.99. The van der Waals surface area contributed by atoms with E-state index in [4.69, 9.17) is 11.1 Å². The topological polar surface area (TPSA) is 93.5 Å². The first-order valence-electron chi connectivity index (χ1n) is 4.79. The lowest BCUT2D eigenvalue weighted by atomic mass is 10.1. The molecule has 0 aliphatic heterocycles. The SMILES string of the molecule is Cn1nnnc1SCC1(CC(=N)N)CC1. The summed E-state index contributed by atoms with van der Waals surface area (Å²) in [6, 6.07) is 0. The van der Waals surface area contributed by atoms with E-state index in [0.29, 0.717) is 6.42 Å². The van der Waals surface area contributed by atoms with Gasteiger partial charge in [0.05, 0.1) is 5.84 Å². The Morgan fingerprint density at radius 1 is 1.67 bits per heavy atom. The molecule has 1 saturated carbocycles. The molecule has 0 aromatic carbocycles. The molecule has 6 nitrogen and oxygen atoms in total. The monoisotopic (exact) mass is 226 g/mol. The van der Waals surface area contributed by atoms with Crippen LogP contribution in [0.5, 0.6) is 0 Å². The van der Waals surface area contributed by atoms with E-state index in [1.165, 1.54) is 0 Å². The zero-order valence-corrected chi connectivity index (χ0v) is 9.42. The molecule has 0 atom stereocenters. The van der Waals surface area contributed by atoms with E-state index < -0.39 is 0 Å². The Bertz CT molecular complexity index is 369. The largest absolute Gasteiger partial charge is 0.388 e. The Morgan fingerprint density at radius 2 is 2.40 bits per heavy atom. The van der Waals surface area contributed by atoms with Gasteiger partial charge in [-0.25, -0.2) is 4.68 Å². The number of hydrogen-bond acceptors (Lipinski definition) is 5. The van der Waals surface area contributed by atoms with Gasteiger partial charge in [-0.2, -0.15) is 0 Å². The van der Waals surface area contributed by atoms with Crippen LogP contribution < -0.4 is 5.73 Å². The van der Waals surface area contributed by atoms with Gasteiger partial charge in [-0.05, 0) is 28.7 Å². The van der Waals surface area contributed by atoms with E-state index in [-0.39, 0.29) is 11.3 Å². The van der Waals surface area contributed by atoms with E-state index in [2.05, 4.69) is 15.5 Å². The highest BCUT2D eigenvalue weighted by Crippen LogP contribution is 2.51. The predicted octanol–water partition coefficient (Wildman–Crippen LogP) is 0.408. The molecule has 2 rings (SSSR count). The van der Waals surface area contributed by atoms with Crippen molar-refractivity contribution in [3.05, 3.63) is 0 Å². The zero-order valence-electron chi connectivity index (χ0n) is 8.60. The van der Waals surface area contributed by atoms with Crippen molar-refractivity contribution in [2.24, 2.45) is 18.2 Å². The van der Waals surface area contributed by atoms with E-state index >= 15 is 0 Å². The third-order valence-corrected chi connectivity index (χ3v) is 3.97. The summed E-state index contributed by atoms with van der Waals surface area (Å²) in [5.41, 5.74) is 5.66. The number of aryl methyl sites for hydroxylation is 1. The van der Waals surface area contributed by atoms with Crippen LogP contribution >= 0.6 is 11.8 Å². The van der Waals surface area contributed by atoms with Gasteiger partial charge in [0.25, 0.3) is 0 Å². The number of nitrogens with two attached hydrogens (primary N) is 1. The van der Waals surface area contributed by atoms with Crippen molar-refractivity contribution in [2.45, 2.75) is 24.4 Å². The second-order valence-corrected chi connectivity index (χ2v) is 5.02. The van der Waals surface area contributed by atoms with E-state index in [9.17, 15) is 0 Å². The fourth-order valence-corrected chi connectivity index (χ4v) is 2.66. The smallest absolute Gasteiger partial charge is 0.209 e. The molecule has 0 spiro atoms. The van der Waals surface area contributed by atoms with Crippen molar-refractivity contribution < 1.29 is 0 Å². The number of nitrogens with one attached hydrogen (secondary N) is 1. The van der Waals surface area contributed by atoms with Crippen molar-refractivity contribution in [3.63, 3.8) is 0 Å². The molecule has 7 heteroatoms. The first kappa shape index (κ1) is 10.4. The lowest BCUT2D eigenvalue weighted by Crippen LogP contribution is -2.18. The van der Waals surface area contributed by atoms with Crippen LogP contribution in [-0.4, -0.2) is 31.8 Å². The molecular formula is C8H14N6S. The number of thioether (sulfide) groups is 1. The fourth-order valence-electron chi connectivity index (χ4n) is 1.51. The van der Waals surface area contributed by atoms with Crippen LogP contribution in [0.4, 0.5) is 0 Å². The van der Waals surface area contributed by atoms with Gasteiger partial charge in [0, 0.05) is 19.2 Å². The maximum atomic E-state index is 7.31. The van der Waals surface area contributed by atoms with Crippen molar-refractivity contribution in [1.29, 1.82) is 5.41 Å². The van der Waals surface area contributed by atoms with Gasteiger partial charge in [-0.1, -0.05) is 11.8 Å². The lowest BCUT2D eigenvalue weighted by Gasteiger charge is -2.12. The number of tetrazole rings is 1. The minimum absolute atomic E-state index is 0.239. The van der Waals surface area contributed by atoms with Crippen LogP contribution in [0.3, 0.4) is 0 Å². The summed E-state index contributed by atoms with van der Waals surface area (Å²) in [5, 5.41) is 19.4. The molecular weight excluding hydrogens is 212 g/mol. The van der Waals surface area contributed by atoms with Gasteiger partial charge in [0.2, 0.25) is 5.16 Å². The number of amidine groups is 1. The molecule has 0 amide bonds. The van der Waals surface area contributed by atoms with Crippen LogP contribution in [0, 0.1) is 10.8 Å². The quantitative estimate of drug-likeness (QED) is 0.431. The highest BCUT2D eigenvalue weighted by atomic mass is 32.2. The van der Waals surface area contributed by atoms with Gasteiger partial charge in [-0.3, -0.25) is 5.41 Å². The Hall–Kier alpha value is -1.11. The summed E-state index contributed by atoms with van der Waals surface area (Å²) < 4.78 is 1.66. The van der Waals surface area contributed by atoms with Crippen LogP contribution in [0.1, 0.15) is 19.3 Å². The Labute approximate surface area is 92.1 Å². The minimum Gasteiger partial charge on any atom is -0.388 e. The predicted molar refractivity (Wildman–Crippen MR) is 57.7 cm³/mol. The summed E-state index contributed by atoms with van der Waals surface area (Å²) in [7, 11) is 1.83. The summed E-state index contributed by atoms with van der Waals surface area (Å²) in [4.78, 5) is 0. The lowest BCUT2D eigenvalue weighted by molar-refractivity contribution is 0.607. The maximum Gasteiger partial charge on any atom is 0.209 e. The average Bonchev–Trinajstić information content (AvgIpc) is 2.78. The van der Waals surface area contributed by atoms with Gasteiger partial charge in [0.1, 0.15) is 0 Å². The molecule has 0 bridgehead atoms. The summed E-state index contributed by atoms with van der Waals surface area (Å²) in [6.07, 6.45) is 3.01. The molecule has 82 valence electrons. The van der Waals surface area contributed by atoms with Crippen LogP contribution in [-0.2, 0) is 7.05 Å². The zero-order chi connectivity index (χ0) is 10.9. The second-order valence-electron chi connectivity index (χ2n) is 4.08. The van der Waals surface area contributed by atoms with Crippen molar-refractivity contribution in [3.8, 4) is 0 Å².